The van der Waals surface area contributed by atoms with Gasteiger partial charge >= 0.3 is 6.03 Å². The summed E-state index contributed by atoms with van der Waals surface area (Å²) in [4.78, 5) is 38.2. The molecular weight excluding hydrogens is 368 g/mol. The molecule has 0 aliphatic carbocycles. The maximum Gasteiger partial charge on any atom is 0.335 e. The Morgan fingerprint density at radius 2 is 1.85 bits per heavy atom. The Morgan fingerprint density at radius 1 is 1.11 bits per heavy atom. The molecule has 2 aromatic rings. The highest BCUT2D eigenvalue weighted by molar-refractivity contribution is 6.39. The van der Waals surface area contributed by atoms with Crippen LogP contribution in [0.4, 0.5) is 10.5 Å². The standard InChI is InChI=1S/C20H15ClN2O4/c1-2-10-27-17-9-8-14(21)11-13(17)12-16-18(24)22-20(26)23(19(16)25)15-6-4-3-5-7-15/h2-9,11-12H,1,10H2,(H,22,24,26)/b16-12+. The van der Waals surface area contributed by atoms with E-state index in [1.54, 1.807) is 54.6 Å². The predicted molar refractivity (Wildman–Crippen MR) is 103 cm³/mol. The molecule has 0 aromatic heterocycles. The zero-order valence-electron chi connectivity index (χ0n) is 14.1. The van der Waals surface area contributed by atoms with Gasteiger partial charge < -0.3 is 4.74 Å². The van der Waals surface area contributed by atoms with Gasteiger partial charge in [-0.3, -0.25) is 14.9 Å². The maximum atomic E-state index is 12.8. The van der Waals surface area contributed by atoms with Crippen molar-refractivity contribution in [2.75, 3.05) is 11.5 Å². The van der Waals surface area contributed by atoms with Crippen LogP contribution in [0, 0.1) is 0 Å². The van der Waals surface area contributed by atoms with Crippen LogP contribution < -0.4 is 15.0 Å². The van der Waals surface area contributed by atoms with Crippen LogP contribution in [-0.4, -0.2) is 24.5 Å². The fraction of sp³-hybridized carbons (Fsp3) is 0.0500. The molecule has 136 valence electrons. The number of para-hydroxylation sites is 1. The quantitative estimate of drug-likeness (QED) is 0.487. The third-order valence-corrected chi connectivity index (χ3v) is 3.98. The summed E-state index contributed by atoms with van der Waals surface area (Å²) in [5, 5.41) is 2.58. The lowest BCUT2D eigenvalue weighted by Crippen LogP contribution is -2.54. The van der Waals surface area contributed by atoms with E-state index in [4.69, 9.17) is 16.3 Å². The van der Waals surface area contributed by atoms with Crippen molar-refractivity contribution in [2.24, 2.45) is 0 Å². The lowest BCUT2D eigenvalue weighted by atomic mass is 10.1. The molecule has 0 atom stereocenters. The second-order valence-corrected chi connectivity index (χ2v) is 6.01. The predicted octanol–water partition coefficient (Wildman–Crippen LogP) is 3.57. The molecule has 1 aliphatic rings. The van der Waals surface area contributed by atoms with Crippen molar-refractivity contribution in [1.29, 1.82) is 0 Å². The Morgan fingerprint density at radius 3 is 2.56 bits per heavy atom. The van der Waals surface area contributed by atoms with Crippen LogP contribution in [0.15, 0.2) is 66.8 Å². The molecule has 1 fully saturated rings. The van der Waals surface area contributed by atoms with Gasteiger partial charge in [0.05, 0.1) is 5.69 Å². The van der Waals surface area contributed by atoms with Crippen molar-refractivity contribution in [1.82, 2.24) is 5.32 Å². The van der Waals surface area contributed by atoms with Gasteiger partial charge in [-0.2, -0.15) is 0 Å². The van der Waals surface area contributed by atoms with Crippen LogP contribution in [0.2, 0.25) is 5.02 Å². The Labute approximate surface area is 160 Å². The largest absolute Gasteiger partial charge is 0.489 e. The van der Waals surface area contributed by atoms with Gasteiger partial charge in [0.1, 0.15) is 17.9 Å². The van der Waals surface area contributed by atoms with Gasteiger partial charge in [-0.05, 0) is 36.4 Å². The van der Waals surface area contributed by atoms with E-state index >= 15 is 0 Å². The zero-order chi connectivity index (χ0) is 19.4. The van der Waals surface area contributed by atoms with E-state index in [-0.39, 0.29) is 12.2 Å². The lowest BCUT2D eigenvalue weighted by Gasteiger charge is -2.26. The third-order valence-electron chi connectivity index (χ3n) is 3.74. The van der Waals surface area contributed by atoms with Crippen molar-refractivity contribution in [3.63, 3.8) is 0 Å². The summed E-state index contributed by atoms with van der Waals surface area (Å²) in [6.07, 6.45) is 2.92. The Kier molecular flexibility index (Phi) is 5.38. The van der Waals surface area contributed by atoms with E-state index in [1.165, 1.54) is 6.08 Å². The van der Waals surface area contributed by atoms with E-state index in [0.717, 1.165) is 4.90 Å². The topological polar surface area (TPSA) is 75.7 Å². The molecule has 6 nitrogen and oxygen atoms in total. The fourth-order valence-corrected chi connectivity index (χ4v) is 2.72. The number of hydrogen-bond acceptors (Lipinski definition) is 4. The highest BCUT2D eigenvalue weighted by Crippen LogP contribution is 2.27. The minimum Gasteiger partial charge on any atom is -0.489 e. The number of barbiturate groups is 1. The van der Waals surface area contributed by atoms with Crippen LogP contribution in [0.1, 0.15) is 5.56 Å². The molecule has 1 aliphatic heterocycles. The number of nitrogens with one attached hydrogen (secondary N) is 1. The van der Waals surface area contributed by atoms with Gasteiger partial charge in [-0.1, -0.05) is 42.5 Å². The highest BCUT2D eigenvalue weighted by Gasteiger charge is 2.36. The molecule has 2 aromatic carbocycles. The molecule has 0 radical (unpaired) electrons. The van der Waals surface area contributed by atoms with Gasteiger partial charge in [0.2, 0.25) is 0 Å². The number of carbonyl (C=O) groups is 3. The van der Waals surface area contributed by atoms with E-state index in [9.17, 15) is 14.4 Å². The fourth-order valence-electron chi connectivity index (χ4n) is 2.54. The number of nitrogens with zero attached hydrogens (tertiary/aromatic N) is 1. The number of ether oxygens (including phenoxy) is 1. The molecule has 3 rings (SSSR count). The summed E-state index contributed by atoms with van der Waals surface area (Å²) < 4.78 is 5.54. The third kappa shape index (κ3) is 3.91. The molecular formula is C20H15ClN2O4. The number of hydrogen-bond donors (Lipinski definition) is 1. The first-order valence-corrected chi connectivity index (χ1v) is 8.39. The molecule has 7 heteroatoms. The molecule has 0 spiro atoms. The SMILES string of the molecule is C=CCOc1ccc(Cl)cc1/C=C1\C(=O)NC(=O)N(c2ccccc2)C1=O. The monoisotopic (exact) mass is 382 g/mol. The normalized spacial score (nSPS) is 15.7. The molecule has 1 heterocycles. The molecule has 1 N–H and O–H groups in total. The minimum absolute atomic E-state index is 0.204. The zero-order valence-corrected chi connectivity index (χ0v) is 14.9. The first-order chi connectivity index (χ1) is 13.0. The second-order valence-electron chi connectivity index (χ2n) is 5.58. The number of amides is 4. The number of halogens is 1. The summed E-state index contributed by atoms with van der Waals surface area (Å²) in [6, 6.07) is 12.4. The van der Waals surface area contributed by atoms with E-state index < -0.39 is 17.8 Å². The number of anilines is 1. The van der Waals surface area contributed by atoms with Gasteiger partial charge in [-0.15, -0.1) is 0 Å². The van der Waals surface area contributed by atoms with E-state index in [1.807, 2.05) is 0 Å². The van der Waals surface area contributed by atoms with Crippen LogP contribution in [0.5, 0.6) is 5.75 Å². The number of imide groups is 2. The van der Waals surface area contributed by atoms with Crippen molar-refractivity contribution < 1.29 is 19.1 Å². The van der Waals surface area contributed by atoms with Gasteiger partial charge in [0, 0.05) is 10.6 Å². The first-order valence-electron chi connectivity index (χ1n) is 8.01. The van der Waals surface area contributed by atoms with Crippen molar-refractivity contribution >= 4 is 41.2 Å². The molecule has 27 heavy (non-hydrogen) atoms. The number of carbonyl (C=O) groups excluding carboxylic acids is 3. The van der Waals surface area contributed by atoms with Crippen LogP contribution in [0.3, 0.4) is 0 Å². The Bertz CT molecular complexity index is 954. The first kappa shape index (κ1) is 18.4. The number of rotatable bonds is 5. The summed E-state index contributed by atoms with van der Waals surface area (Å²) >= 11 is 6.03. The molecule has 0 unspecified atom stereocenters. The van der Waals surface area contributed by atoms with Crippen LogP contribution in [-0.2, 0) is 9.59 Å². The van der Waals surface area contributed by atoms with Crippen molar-refractivity contribution in [3.05, 3.63) is 77.3 Å². The molecule has 0 saturated carbocycles. The van der Waals surface area contributed by atoms with Crippen molar-refractivity contribution in [2.45, 2.75) is 0 Å². The smallest absolute Gasteiger partial charge is 0.335 e. The summed E-state index contributed by atoms with van der Waals surface area (Å²) in [5.74, 6) is -1.09. The van der Waals surface area contributed by atoms with Gasteiger partial charge in [-0.25, -0.2) is 9.69 Å². The summed E-state index contributed by atoms with van der Waals surface area (Å²) in [6.45, 7) is 3.83. The summed E-state index contributed by atoms with van der Waals surface area (Å²) in [7, 11) is 0. The Hall–Kier alpha value is -3.38. The molecule has 4 amide bonds. The van der Waals surface area contributed by atoms with E-state index in [0.29, 0.717) is 22.0 Å². The second kappa shape index (κ2) is 7.88. The number of benzene rings is 2. The number of urea groups is 1. The van der Waals surface area contributed by atoms with E-state index in [2.05, 4.69) is 11.9 Å². The maximum absolute atomic E-state index is 12.8. The average molecular weight is 383 g/mol. The van der Waals surface area contributed by atoms with Gasteiger partial charge in [0.25, 0.3) is 11.8 Å². The minimum atomic E-state index is -0.803. The highest BCUT2D eigenvalue weighted by atomic mass is 35.5. The molecule has 1 saturated heterocycles. The van der Waals surface area contributed by atoms with Gasteiger partial charge in [0.15, 0.2) is 0 Å². The Balaban J connectivity index is 2.03. The average Bonchev–Trinajstić information content (AvgIpc) is 2.65. The molecule has 0 bridgehead atoms. The van der Waals surface area contributed by atoms with Crippen LogP contribution >= 0.6 is 11.6 Å². The van der Waals surface area contributed by atoms with Crippen LogP contribution in [0.25, 0.3) is 6.08 Å². The summed E-state index contributed by atoms with van der Waals surface area (Å²) in [5.41, 5.74) is 0.585. The lowest BCUT2D eigenvalue weighted by molar-refractivity contribution is -0.122. The van der Waals surface area contributed by atoms with Crippen molar-refractivity contribution in [3.8, 4) is 5.75 Å².